The second-order valence-corrected chi connectivity index (χ2v) is 4.99. The van der Waals surface area contributed by atoms with E-state index in [1.54, 1.807) is 37.3 Å². The van der Waals surface area contributed by atoms with Crippen molar-refractivity contribution in [3.05, 3.63) is 63.4 Å². The standard InChI is InChI=1S/C16H13ClN2O2/c1-10-7-11(2)19-15(17)14(10)16(20)21-9-13-5-3-12(8-18)4-6-13/h3-7H,9H2,1-2H3. The first-order valence-electron chi connectivity index (χ1n) is 6.31. The minimum atomic E-state index is -0.505. The molecule has 1 aromatic carbocycles. The van der Waals surface area contributed by atoms with Gasteiger partial charge in [-0.25, -0.2) is 9.78 Å². The molecule has 4 nitrogen and oxygen atoms in total. The lowest BCUT2D eigenvalue weighted by atomic mass is 10.1. The van der Waals surface area contributed by atoms with Gasteiger partial charge in [-0.2, -0.15) is 5.26 Å². The maximum absolute atomic E-state index is 12.1. The van der Waals surface area contributed by atoms with Crippen molar-refractivity contribution in [3.63, 3.8) is 0 Å². The normalized spacial score (nSPS) is 10.0. The zero-order valence-electron chi connectivity index (χ0n) is 11.7. The van der Waals surface area contributed by atoms with E-state index in [9.17, 15) is 4.79 Å². The molecule has 21 heavy (non-hydrogen) atoms. The van der Waals surface area contributed by atoms with E-state index in [4.69, 9.17) is 21.6 Å². The first-order chi connectivity index (χ1) is 10.0. The average Bonchev–Trinajstić information content (AvgIpc) is 2.44. The van der Waals surface area contributed by atoms with Gasteiger partial charge in [0.25, 0.3) is 0 Å². The lowest BCUT2D eigenvalue weighted by Crippen LogP contribution is -2.09. The molecule has 0 unspecified atom stereocenters. The SMILES string of the molecule is Cc1cc(C)c(C(=O)OCc2ccc(C#N)cc2)c(Cl)n1. The van der Waals surface area contributed by atoms with Gasteiger partial charge in [0.15, 0.2) is 0 Å². The zero-order chi connectivity index (χ0) is 15.4. The third kappa shape index (κ3) is 3.59. The highest BCUT2D eigenvalue weighted by molar-refractivity contribution is 6.32. The number of ether oxygens (including phenoxy) is 1. The third-order valence-electron chi connectivity index (χ3n) is 2.96. The number of benzene rings is 1. The number of carbonyl (C=O) groups is 1. The fourth-order valence-electron chi connectivity index (χ4n) is 1.93. The molecule has 0 amide bonds. The minimum Gasteiger partial charge on any atom is -0.457 e. The maximum Gasteiger partial charge on any atom is 0.341 e. The van der Waals surface area contributed by atoms with Crippen LogP contribution in [0.1, 0.15) is 32.7 Å². The van der Waals surface area contributed by atoms with Crippen molar-refractivity contribution in [1.29, 1.82) is 5.26 Å². The Morgan fingerprint density at radius 1 is 1.33 bits per heavy atom. The van der Waals surface area contributed by atoms with Crippen LogP contribution in [0.5, 0.6) is 0 Å². The van der Waals surface area contributed by atoms with Gasteiger partial charge in [-0.1, -0.05) is 23.7 Å². The van der Waals surface area contributed by atoms with E-state index in [-0.39, 0.29) is 17.3 Å². The fourth-order valence-corrected chi connectivity index (χ4v) is 2.29. The molecule has 0 radical (unpaired) electrons. The molecule has 2 aromatic rings. The summed E-state index contributed by atoms with van der Waals surface area (Å²) in [5.74, 6) is -0.505. The van der Waals surface area contributed by atoms with Gasteiger partial charge in [0.1, 0.15) is 11.8 Å². The van der Waals surface area contributed by atoms with Crippen LogP contribution in [-0.4, -0.2) is 11.0 Å². The van der Waals surface area contributed by atoms with Crippen LogP contribution in [0.25, 0.3) is 0 Å². The third-order valence-corrected chi connectivity index (χ3v) is 3.23. The molecule has 2 rings (SSSR count). The second kappa shape index (κ2) is 6.38. The molecule has 0 aliphatic heterocycles. The lowest BCUT2D eigenvalue weighted by molar-refractivity contribution is 0.0471. The monoisotopic (exact) mass is 300 g/mol. The van der Waals surface area contributed by atoms with Crippen LogP contribution < -0.4 is 0 Å². The van der Waals surface area contributed by atoms with Gasteiger partial charge in [-0.05, 0) is 43.2 Å². The van der Waals surface area contributed by atoms with Crippen LogP contribution >= 0.6 is 11.6 Å². The van der Waals surface area contributed by atoms with Gasteiger partial charge < -0.3 is 4.74 Å². The molecule has 1 aromatic heterocycles. The Balaban J connectivity index is 2.10. The topological polar surface area (TPSA) is 63.0 Å². The summed E-state index contributed by atoms with van der Waals surface area (Å²) in [5, 5.41) is 8.87. The van der Waals surface area contributed by atoms with Crippen molar-refractivity contribution in [2.75, 3.05) is 0 Å². The van der Waals surface area contributed by atoms with E-state index in [0.717, 1.165) is 16.8 Å². The number of nitriles is 1. The molecule has 0 bridgehead atoms. The Morgan fingerprint density at radius 3 is 2.57 bits per heavy atom. The lowest BCUT2D eigenvalue weighted by Gasteiger charge is -2.09. The Morgan fingerprint density at radius 2 is 2.00 bits per heavy atom. The summed E-state index contributed by atoms with van der Waals surface area (Å²) in [6.07, 6.45) is 0. The van der Waals surface area contributed by atoms with Gasteiger partial charge in [0, 0.05) is 5.69 Å². The molecular formula is C16H13ClN2O2. The van der Waals surface area contributed by atoms with E-state index in [0.29, 0.717) is 5.56 Å². The fraction of sp³-hybridized carbons (Fsp3) is 0.188. The molecule has 0 saturated heterocycles. The molecule has 5 heteroatoms. The molecule has 0 N–H and O–H groups in total. The molecule has 0 atom stereocenters. The number of rotatable bonds is 3. The molecule has 0 aliphatic carbocycles. The summed E-state index contributed by atoms with van der Waals surface area (Å²) >= 11 is 6.00. The number of aromatic nitrogens is 1. The largest absolute Gasteiger partial charge is 0.457 e. The first-order valence-corrected chi connectivity index (χ1v) is 6.69. The van der Waals surface area contributed by atoms with Crippen molar-refractivity contribution in [2.24, 2.45) is 0 Å². The van der Waals surface area contributed by atoms with Gasteiger partial charge in [0.05, 0.1) is 17.2 Å². The van der Waals surface area contributed by atoms with E-state index in [1.165, 1.54) is 0 Å². The Bertz CT molecular complexity index is 695. The second-order valence-electron chi connectivity index (χ2n) is 4.63. The van der Waals surface area contributed by atoms with Crippen LogP contribution in [0.15, 0.2) is 30.3 Å². The number of esters is 1. The molecule has 1 heterocycles. The predicted molar refractivity (Wildman–Crippen MR) is 79.0 cm³/mol. The van der Waals surface area contributed by atoms with Crippen molar-refractivity contribution < 1.29 is 9.53 Å². The van der Waals surface area contributed by atoms with Crippen LogP contribution in [0.3, 0.4) is 0 Å². The summed E-state index contributed by atoms with van der Waals surface area (Å²) in [7, 11) is 0. The van der Waals surface area contributed by atoms with Crippen LogP contribution in [0, 0.1) is 25.2 Å². The summed E-state index contributed by atoms with van der Waals surface area (Å²) in [4.78, 5) is 16.2. The van der Waals surface area contributed by atoms with Gasteiger partial charge >= 0.3 is 5.97 Å². The highest BCUT2D eigenvalue weighted by Crippen LogP contribution is 2.20. The summed E-state index contributed by atoms with van der Waals surface area (Å²) < 4.78 is 5.24. The first kappa shape index (κ1) is 15.0. The summed E-state index contributed by atoms with van der Waals surface area (Å²) in [6, 6.07) is 10.7. The van der Waals surface area contributed by atoms with Crippen molar-refractivity contribution in [1.82, 2.24) is 4.98 Å². The molecular weight excluding hydrogens is 288 g/mol. The molecule has 0 fully saturated rings. The zero-order valence-corrected chi connectivity index (χ0v) is 12.4. The van der Waals surface area contributed by atoms with Crippen molar-refractivity contribution in [2.45, 2.75) is 20.5 Å². The van der Waals surface area contributed by atoms with Crippen LogP contribution in [0.2, 0.25) is 5.15 Å². The van der Waals surface area contributed by atoms with Gasteiger partial charge in [-0.3, -0.25) is 0 Å². The highest BCUT2D eigenvalue weighted by Gasteiger charge is 2.16. The summed E-state index contributed by atoms with van der Waals surface area (Å²) in [5.41, 5.74) is 3.14. The number of halogens is 1. The Labute approximate surface area is 128 Å². The number of nitrogens with zero attached hydrogens (tertiary/aromatic N) is 2. The van der Waals surface area contributed by atoms with Crippen LogP contribution in [0.4, 0.5) is 0 Å². The van der Waals surface area contributed by atoms with Gasteiger partial charge in [-0.15, -0.1) is 0 Å². The minimum absolute atomic E-state index is 0.119. The number of pyridine rings is 1. The number of hydrogen-bond acceptors (Lipinski definition) is 4. The molecule has 0 aliphatic rings. The van der Waals surface area contributed by atoms with Crippen molar-refractivity contribution >= 4 is 17.6 Å². The molecule has 0 saturated carbocycles. The highest BCUT2D eigenvalue weighted by atomic mass is 35.5. The number of hydrogen-bond donors (Lipinski definition) is 0. The molecule has 0 spiro atoms. The van der Waals surface area contributed by atoms with Crippen LogP contribution in [-0.2, 0) is 11.3 Å². The van der Waals surface area contributed by atoms with E-state index < -0.39 is 5.97 Å². The predicted octanol–water partition coefficient (Wildman–Crippen LogP) is 3.58. The molecule has 106 valence electrons. The number of aryl methyl sites for hydroxylation is 2. The van der Waals surface area contributed by atoms with Crippen molar-refractivity contribution in [3.8, 4) is 6.07 Å². The maximum atomic E-state index is 12.1. The van der Waals surface area contributed by atoms with E-state index >= 15 is 0 Å². The number of carbonyl (C=O) groups excluding carboxylic acids is 1. The Hall–Kier alpha value is -2.38. The smallest absolute Gasteiger partial charge is 0.341 e. The van der Waals surface area contributed by atoms with E-state index in [1.807, 2.05) is 13.0 Å². The van der Waals surface area contributed by atoms with Gasteiger partial charge in [0.2, 0.25) is 0 Å². The quantitative estimate of drug-likeness (QED) is 0.642. The summed E-state index contributed by atoms with van der Waals surface area (Å²) in [6.45, 7) is 3.72. The average molecular weight is 301 g/mol. The van der Waals surface area contributed by atoms with E-state index in [2.05, 4.69) is 4.98 Å². The Kier molecular flexibility index (Phi) is 4.56.